The molecule has 1 amide bonds. The molecular weight excluding hydrogens is 436 g/mol. The predicted octanol–water partition coefficient (Wildman–Crippen LogP) is 4.02. The number of nitrogens with zero attached hydrogens (tertiary/aromatic N) is 3. The Bertz CT molecular complexity index is 1030. The fourth-order valence-corrected chi connectivity index (χ4v) is 4.60. The van der Waals surface area contributed by atoms with E-state index < -0.39 is 5.97 Å². The minimum Gasteiger partial charge on any atom is -0.486 e. The number of aryl methyl sites for hydroxylation is 1. The molecule has 10 heteroatoms. The molecule has 0 radical (unpaired) electrons. The lowest BCUT2D eigenvalue weighted by Crippen LogP contribution is -2.16. The number of esters is 1. The Labute approximate surface area is 189 Å². The van der Waals surface area contributed by atoms with E-state index in [1.807, 2.05) is 48.7 Å². The van der Waals surface area contributed by atoms with Crippen LogP contribution in [-0.2, 0) is 29.1 Å². The van der Waals surface area contributed by atoms with Crippen molar-refractivity contribution in [1.29, 1.82) is 0 Å². The molecule has 0 saturated carbocycles. The van der Waals surface area contributed by atoms with Crippen molar-refractivity contribution in [2.45, 2.75) is 38.6 Å². The average Bonchev–Trinajstić information content (AvgIpc) is 3.39. The molecule has 0 fully saturated rings. The highest BCUT2D eigenvalue weighted by molar-refractivity contribution is 7.99. The van der Waals surface area contributed by atoms with Crippen LogP contribution in [0.1, 0.15) is 34.9 Å². The molecule has 8 nitrogen and oxygen atoms in total. The molecule has 2 heterocycles. The summed E-state index contributed by atoms with van der Waals surface area (Å²) in [6, 6.07) is 11.2. The number of thiophene rings is 1. The molecule has 0 aliphatic carbocycles. The number of ether oxygens (including phenoxy) is 2. The van der Waals surface area contributed by atoms with Crippen LogP contribution in [0.5, 0.6) is 5.75 Å². The van der Waals surface area contributed by atoms with Crippen LogP contribution in [0.25, 0.3) is 0 Å². The summed E-state index contributed by atoms with van der Waals surface area (Å²) in [5, 5.41) is 12.4. The van der Waals surface area contributed by atoms with E-state index in [1.54, 1.807) is 6.07 Å². The number of hydrogen-bond donors (Lipinski definition) is 1. The van der Waals surface area contributed by atoms with Gasteiger partial charge >= 0.3 is 5.97 Å². The van der Waals surface area contributed by atoms with Crippen LogP contribution in [0.3, 0.4) is 0 Å². The number of para-hydroxylation sites is 1. The van der Waals surface area contributed by atoms with E-state index in [0.717, 1.165) is 17.0 Å². The Morgan fingerprint density at radius 2 is 1.97 bits per heavy atom. The van der Waals surface area contributed by atoms with Crippen LogP contribution < -0.4 is 10.1 Å². The Balaban J connectivity index is 1.61. The number of hydrogen-bond acceptors (Lipinski definition) is 8. The maximum absolute atomic E-state index is 12.5. The van der Waals surface area contributed by atoms with Gasteiger partial charge in [0.15, 0.2) is 11.0 Å². The first-order chi connectivity index (χ1) is 15.0. The van der Waals surface area contributed by atoms with Crippen molar-refractivity contribution in [2.24, 2.45) is 0 Å². The first-order valence-electron chi connectivity index (χ1n) is 9.79. The topological polar surface area (TPSA) is 95.3 Å². The molecule has 1 aromatic carbocycles. The van der Waals surface area contributed by atoms with E-state index in [2.05, 4.69) is 15.5 Å². The highest BCUT2D eigenvalue weighted by atomic mass is 32.2. The maximum Gasteiger partial charge on any atom is 0.340 e. The Morgan fingerprint density at radius 1 is 1.19 bits per heavy atom. The molecule has 0 spiro atoms. The van der Waals surface area contributed by atoms with Crippen LogP contribution in [0.15, 0.2) is 41.6 Å². The van der Waals surface area contributed by atoms with Gasteiger partial charge in [-0.25, -0.2) is 4.79 Å². The molecule has 3 aromatic rings. The van der Waals surface area contributed by atoms with Crippen molar-refractivity contribution >= 4 is 40.0 Å². The van der Waals surface area contributed by atoms with Crippen LogP contribution in [0.2, 0.25) is 0 Å². The lowest BCUT2D eigenvalue weighted by atomic mass is 10.2. The summed E-state index contributed by atoms with van der Waals surface area (Å²) in [7, 11) is 1.32. The van der Waals surface area contributed by atoms with Gasteiger partial charge in [-0.1, -0.05) is 36.9 Å². The van der Waals surface area contributed by atoms with Gasteiger partial charge in [-0.3, -0.25) is 4.79 Å². The van der Waals surface area contributed by atoms with Gasteiger partial charge in [0.25, 0.3) is 0 Å². The predicted molar refractivity (Wildman–Crippen MR) is 121 cm³/mol. The van der Waals surface area contributed by atoms with Crippen molar-refractivity contribution in [3.63, 3.8) is 0 Å². The summed E-state index contributed by atoms with van der Waals surface area (Å²) in [5.41, 5.74) is 0.375. The van der Waals surface area contributed by atoms with Crippen LogP contribution in [0, 0.1) is 0 Å². The molecule has 0 atom stereocenters. The van der Waals surface area contributed by atoms with Crippen LogP contribution >= 0.6 is 23.1 Å². The number of carbonyl (C=O) groups is 2. The molecule has 31 heavy (non-hydrogen) atoms. The molecule has 164 valence electrons. The molecule has 2 aromatic heterocycles. The summed E-state index contributed by atoms with van der Waals surface area (Å²) < 4.78 is 12.5. The summed E-state index contributed by atoms with van der Waals surface area (Å²) in [6.45, 7) is 4.92. The zero-order valence-corrected chi connectivity index (χ0v) is 19.2. The minimum absolute atomic E-state index is 0.137. The second kappa shape index (κ2) is 11.0. The van der Waals surface area contributed by atoms with E-state index in [0.29, 0.717) is 28.1 Å². The number of nitrogens with one attached hydrogen (secondary N) is 1. The summed E-state index contributed by atoms with van der Waals surface area (Å²) in [6.07, 6.45) is 0.771. The van der Waals surface area contributed by atoms with Gasteiger partial charge in [-0.05, 0) is 31.5 Å². The molecule has 0 aliphatic heterocycles. The number of rotatable bonds is 10. The molecule has 0 unspecified atom stereocenters. The number of aromatic nitrogens is 3. The average molecular weight is 461 g/mol. The highest BCUT2D eigenvalue weighted by Crippen LogP contribution is 2.29. The summed E-state index contributed by atoms with van der Waals surface area (Å²) in [4.78, 5) is 25.5. The van der Waals surface area contributed by atoms with Gasteiger partial charge in [0.05, 0.1) is 18.4 Å². The van der Waals surface area contributed by atoms with E-state index >= 15 is 0 Å². The van der Waals surface area contributed by atoms with Crippen molar-refractivity contribution in [3.8, 4) is 5.75 Å². The number of thioether (sulfide) groups is 1. The third kappa shape index (κ3) is 5.86. The summed E-state index contributed by atoms with van der Waals surface area (Å²) >= 11 is 2.66. The van der Waals surface area contributed by atoms with Gasteiger partial charge in [-0.15, -0.1) is 21.5 Å². The third-order valence-corrected chi connectivity index (χ3v) is 6.50. The second-order valence-corrected chi connectivity index (χ2v) is 8.46. The van der Waals surface area contributed by atoms with Gasteiger partial charge in [0.2, 0.25) is 5.91 Å². The number of benzene rings is 1. The Kier molecular flexibility index (Phi) is 8.07. The third-order valence-electron chi connectivity index (χ3n) is 4.34. The molecule has 3 rings (SSSR count). The molecule has 0 aliphatic rings. The van der Waals surface area contributed by atoms with Crippen molar-refractivity contribution in [2.75, 3.05) is 18.2 Å². The van der Waals surface area contributed by atoms with E-state index in [-0.39, 0.29) is 18.3 Å². The highest BCUT2D eigenvalue weighted by Gasteiger charge is 2.19. The normalized spacial score (nSPS) is 10.7. The molecular formula is C21H24N4O4S2. The smallest absolute Gasteiger partial charge is 0.340 e. The molecule has 0 bridgehead atoms. The van der Waals surface area contributed by atoms with Gasteiger partial charge in [0, 0.05) is 11.4 Å². The van der Waals surface area contributed by atoms with Gasteiger partial charge in [0.1, 0.15) is 17.4 Å². The van der Waals surface area contributed by atoms with E-state index in [4.69, 9.17) is 9.47 Å². The summed E-state index contributed by atoms with van der Waals surface area (Å²) in [5.74, 6) is 0.885. The standard InChI is InChI=1S/C21H24N4O4S2/c1-4-15-11-16(20(27)28-3)19(31-15)22-18(26)13-30-21-24-23-17(25(21)5-2)12-29-14-9-7-6-8-10-14/h6-11H,4-5,12-13H2,1-3H3,(H,22,26). The van der Waals surface area contributed by atoms with E-state index in [9.17, 15) is 9.59 Å². The van der Waals surface area contributed by atoms with Gasteiger partial charge in [-0.2, -0.15) is 0 Å². The number of carbonyl (C=O) groups excluding carboxylic acids is 2. The monoisotopic (exact) mass is 460 g/mol. The first-order valence-corrected chi connectivity index (χ1v) is 11.6. The van der Waals surface area contributed by atoms with Crippen LogP contribution in [-0.4, -0.2) is 39.5 Å². The molecule has 1 N–H and O–H groups in total. The Hall–Kier alpha value is -2.85. The van der Waals surface area contributed by atoms with Crippen molar-refractivity contribution < 1.29 is 19.1 Å². The number of methoxy groups -OCH3 is 1. The van der Waals surface area contributed by atoms with Crippen molar-refractivity contribution in [3.05, 3.63) is 52.7 Å². The first kappa shape index (κ1) is 22.8. The molecule has 0 saturated heterocycles. The zero-order chi connectivity index (χ0) is 22.2. The van der Waals surface area contributed by atoms with Gasteiger partial charge < -0.3 is 19.4 Å². The quantitative estimate of drug-likeness (QED) is 0.361. The minimum atomic E-state index is -0.465. The lowest BCUT2D eigenvalue weighted by molar-refractivity contribution is -0.113. The lowest BCUT2D eigenvalue weighted by Gasteiger charge is -2.09. The van der Waals surface area contributed by atoms with Crippen molar-refractivity contribution in [1.82, 2.24) is 14.8 Å². The number of amides is 1. The SMILES string of the molecule is CCc1cc(C(=O)OC)c(NC(=O)CSc2nnc(COc3ccccc3)n2CC)s1. The Morgan fingerprint density at radius 3 is 2.65 bits per heavy atom. The van der Waals surface area contributed by atoms with Crippen LogP contribution in [0.4, 0.5) is 5.00 Å². The fraction of sp³-hybridized carbons (Fsp3) is 0.333. The maximum atomic E-state index is 12.5. The largest absolute Gasteiger partial charge is 0.486 e. The second-order valence-electron chi connectivity index (χ2n) is 6.38. The number of anilines is 1. The van der Waals surface area contributed by atoms with E-state index in [1.165, 1.54) is 30.2 Å². The fourth-order valence-electron chi connectivity index (χ4n) is 2.78. The zero-order valence-electron chi connectivity index (χ0n) is 17.6.